The van der Waals surface area contributed by atoms with Crippen LogP contribution in [0.15, 0.2) is 59.8 Å². The maximum atomic E-state index is 12.3. The number of nitrogens with zero attached hydrogens (tertiary/aromatic N) is 1. The molecule has 0 aliphatic heterocycles. The predicted octanol–water partition coefficient (Wildman–Crippen LogP) is 2.38. The Morgan fingerprint density at radius 2 is 1.96 bits per heavy atom. The number of sulfone groups is 1. The highest BCUT2D eigenvalue weighted by atomic mass is 32.2. The van der Waals surface area contributed by atoms with Crippen molar-refractivity contribution in [1.29, 1.82) is 0 Å². The van der Waals surface area contributed by atoms with Crippen LogP contribution in [0.2, 0.25) is 0 Å². The molecule has 1 aromatic carbocycles. The van der Waals surface area contributed by atoms with E-state index in [1.54, 1.807) is 55.7 Å². The lowest BCUT2D eigenvalue weighted by atomic mass is 10.2. The molecule has 1 unspecified atom stereocenters. The Morgan fingerprint density at radius 3 is 2.58 bits per heavy atom. The molecule has 2 rings (SSSR count). The molecule has 5 nitrogen and oxygen atoms in total. The number of nitrogens with one attached hydrogen (secondary N) is 1. The summed E-state index contributed by atoms with van der Waals surface area (Å²) in [7, 11) is -3.44. The largest absolute Gasteiger partial charge is 0.349 e. The Bertz CT molecular complexity index is 813. The summed E-state index contributed by atoms with van der Waals surface area (Å²) >= 11 is 0. The van der Waals surface area contributed by atoms with Crippen LogP contribution in [0.3, 0.4) is 0 Å². The van der Waals surface area contributed by atoms with Gasteiger partial charge in [-0.2, -0.15) is 0 Å². The van der Waals surface area contributed by atoms with Crippen molar-refractivity contribution in [3.05, 3.63) is 66.0 Å². The molecular weight excluding hydrogens is 324 g/mol. The number of hydrogen-bond donors (Lipinski definition) is 1. The number of rotatable bonds is 6. The van der Waals surface area contributed by atoms with Gasteiger partial charge in [-0.15, -0.1) is 0 Å². The fourth-order valence-electron chi connectivity index (χ4n) is 2.15. The van der Waals surface area contributed by atoms with Gasteiger partial charge in [0.05, 0.1) is 10.6 Å². The third kappa shape index (κ3) is 5.31. The average molecular weight is 344 g/mol. The maximum Gasteiger partial charge on any atom is 0.244 e. The third-order valence-electron chi connectivity index (χ3n) is 3.35. The van der Waals surface area contributed by atoms with Crippen LogP contribution in [0.1, 0.15) is 18.1 Å². The highest BCUT2D eigenvalue weighted by Crippen LogP contribution is 2.13. The summed E-state index contributed by atoms with van der Waals surface area (Å²) in [4.78, 5) is 16.1. The lowest BCUT2D eigenvalue weighted by molar-refractivity contribution is -0.116. The van der Waals surface area contributed by atoms with E-state index in [0.29, 0.717) is 0 Å². The van der Waals surface area contributed by atoms with E-state index in [2.05, 4.69) is 10.3 Å². The van der Waals surface area contributed by atoms with Crippen LogP contribution < -0.4 is 5.32 Å². The summed E-state index contributed by atoms with van der Waals surface area (Å²) in [5.41, 5.74) is 1.79. The van der Waals surface area contributed by atoms with Gasteiger partial charge in [0.1, 0.15) is 0 Å². The first-order valence-corrected chi connectivity index (χ1v) is 9.20. The van der Waals surface area contributed by atoms with E-state index in [-0.39, 0.29) is 16.6 Å². The molecule has 0 radical (unpaired) electrons. The Hall–Kier alpha value is -2.47. The maximum absolute atomic E-state index is 12.3. The second-order valence-corrected chi connectivity index (χ2v) is 7.66. The number of aryl methyl sites for hydroxylation is 1. The molecule has 0 saturated heterocycles. The molecule has 0 spiro atoms. The number of pyridine rings is 1. The van der Waals surface area contributed by atoms with Gasteiger partial charge in [-0.05, 0) is 43.7 Å². The van der Waals surface area contributed by atoms with Crippen LogP contribution in [-0.2, 0) is 14.6 Å². The number of benzene rings is 1. The molecule has 0 aliphatic carbocycles. The second-order valence-electron chi connectivity index (χ2n) is 5.62. The van der Waals surface area contributed by atoms with Gasteiger partial charge in [0.25, 0.3) is 0 Å². The standard InChI is InChI=1S/C18H20N2O3S/c1-14-5-8-17(9-6-14)24(22,23)13-15(2)20-18(21)10-7-16-4-3-11-19-12-16/h3-12,15H,13H2,1-2H3,(H,20,21)/b10-7+. The Labute approximate surface area is 142 Å². The van der Waals surface area contributed by atoms with E-state index in [1.807, 2.05) is 13.0 Å². The van der Waals surface area contributed by atoms with Crippen molar-refractivity contribution >= 4 is 21.8 Å². The summed E-state index contributed by atoms with van der Waals surface area (Å²) in [6.07, 6.45) is 6.28. The molecular formula is C18H20N2O3S. The minimum absolute atomic E-state index is 0.150. The molecule has 2 aromatic rings. The minimum atomic E-state index is -3.44. The van der Waals surface area contributed by atoms with Gasteiger partial charge in [0.15, 0.2) is 9.84 Å². The van der Waals surface area contributed by atoms with Gasteiger partial charge in [-0.25, -0.2) is 8.42 Å². The van der Waals surface area contributed by atoms with Gasteiger partial charge in [-0.3, -0.25) is 9.78 Å². The molecule has 0 aliphatic rings. The van der Waals surface area contributed by atoms with E-state index in [4.69, 9.17) is 0 Å². The molecule has 1 aromatic heterocycles. The van der Waals surface area contributed by atoms with Gasteiger partial charge < -0.3 is 5.32 Å². The molecule has 126 valence electrons. The van der Waals surface area contributed by atoms with Crippen LogP contribution >= 0.6 is 0 Å². The topological polar surface area (TPSA) is 76.1 Å². The van der Waals surface area contributed by atoms with E-state index in [9.17, 15) is 13.2 Å². The zero-order valence-electron chi connectivity index (χ0n) is 13.6. The van der Waals surface area contributed by atoms with Crippen LogP contribution in [0.25, 0.3) is 6.08 Å². The number of carbonyl (C=O) groups excluding carboxylic acids is 1. The van der Waals surface area contributed by atoms with Crippen LogP contribution in [0.4, 0.5) is 0 Å². The number of aromatic nitrogens is 1. The molecule has 6 heteroatoms. The first kappa shape index (κ1) is 17.9. The summed E-state index contributed by atoms with van der Waals surface area (Å²) in [6.45, 7) is 3.56. The second kappa shape index (κ2) is 7.88. The SMILES string of the molecule is Cc1ccc(S(=O)(=O)CC(C)NC(=O)/C=C/c2cccnc2)cc1. The Balaban J connectivity index is 1.94. The normalized spacial score (nSPS) is 12.9. The highest BCUT2D eigenvalue weighted by Gasteiger charge is 2.19. The fraction of sp³-hybridized carbons (Fsp3) is 0.222. The molecule has 1 N–H and O–H groups in total. The van der Waals surface area contributed by atoms with Crippen molar-refractivity contribution in [1.82, 2.24) is 10.3 Å². The zero-order valence-corrected chi connectivity index (χ0v) is 14.5. The molecule has 1 atom stereocenters. The molecule has 0 saturated carbocycles. The van der Waals surface area contributed by atoms with E-state index in [0.717, 1.165) is 11.1 Å². The minimum Gasteiger partial charge on any atom is -0.349 e. The lowest BCUT2D eigenvalue weighted by Crippen LogP contribution is -2.36. The van der Waals surface area contributed by atoms with Gasteiger partial charge >= 0.3 is 0 Å². The first-order valence-electron chi connectivity index (χ1n) is 7.55. The first-order chi connectivity index (χ1) is 11.4. The van der Waals surface area contributed by atoms with Crippen molar-refractivity contribution in [2.45, 2.75) is 24.8 Å². The molecule has 1 amide bonds. The smallest absolute Gasteiger partial charge is 0.244 e. The highest BCUT2D eigenvalue weighted by molar-refractivity contribution is 7.91. The van der Waals surface area contributed by atoms with Crippen LogP contribution in [0.5, 0.6) is 0 Å². The summed E-state index contributed by atoms with van der Waals surface area (Å²) < 4.78 is 24.7. The fourth-order valence-corrected chi connectivity index (χ4v) is 3.63. The van der Waals surface area contributed by atoms with E-state index in [1.165, 1.54) is 6.08 Å². The van der Waals surface area contributed by atoms with Crippen molar-refractivity contribution in [3.63, 3.8) is 0 Å². The average Bonchev–Trinajstić information content (AvgIpc) is 2.53. The Morgan fingerprint density at radius 1 is 1.25 bits per heavy atom. The van der Waals surface area contributed by atoms with E-state index >= 15 is 0 Å². The van der Waals surface area contributed by atoms with Crippen molar-refractivity contribution in [2.75, 3.05) is 5.75 Å². The van der Waals surface area contributed by atoms with Crippen LogP contribution in [-0.4, -0.2) is 31.1 Å². The number of hydrogen-bond acceptors (Lipinski definition) is 4. The van der Waals surface area contributed by atoms with Crippen molar-refractivity contribution in [3.8, 4) is 0 Å². The van der Waals surface area contributed by atoms with Gasteiger partial charge in [0.2, 0.25) is 5.91 Å². The molecule has 0 fully saturated rings. The summed E-state index contributed by atoms with van der Waals surface area (Å²) in [5, 5.41) is 2.66. The van der Waals surface area contributed by atoms with Gasteiger partial charge in [-0.1, -0.05) is 23.8 Å². The summed E-state index contributed by atoms with van der Waals surface area (Å²) in [6, 6.07) is 9.78. The van der Waals surface area contributed by atoms with Crippen LogP contribution in [0, 0.1) is 6.92 Å². The monoisotopic (exact) mass is 344 g/mol. The van der Waals surface area contributed by atoms with E-state index < -0.39 is 15.9 Å². The summed E-state index contributed by atoms with van der Waals surface area (Å²) in [5.74, 6) is -0.492. The quantitative estimate of drug-likeness (QED) is 0.816. The third-order valence-corrected chi connectivity index (χ3v) is 5.28. The molecule has 24 heavy (non-hydrogen) atoms. The van der Waals surface area contributed by atoms with Gasteiger partial charge in [0, 0.05) is 24.5 Å². The molecule has 1 heterocycles. The molecule has 0 bridgehead atoms. The Kier molecular flexibility index (Phi) is 5.87. The number of carbonyl (C=O) groups is 1. The number of amides is 1. The predicted molar refractivity (Wildman–Crippen MR) is 94.1 cm³/mol. The zero-order chi connectivity index (χ0) is 17.6. The van der Waals surface area contributed by atoms with Crippen molar-refractivity contribution < 1.29 is 13.2 Å². The lowest BCUT2D eigenvalue weighted by Gasteiger charge is -2.13. The van der Waals surface area contributed by atoms with Crippen molar-refractivity contribution in [2.24, 2.45) is 0 Å².